The fourth-order valence-corrected chi connectivity index (χ4v) is 6.08. The first-order valence-electron chi connectivity index (χ1n) is 13.0. The van der Waals surface area contributed by atoms with Gasteiger partial charge in [0, 0.05) is 11.8 Å². The van der Waals surface area contributed by atoms with Crippen LogP contribution in [0, 0.1) is 23.2 Å². The van der Waals surface area contributed by atoms with Crippen LogP contribution >= 0.6 is 0 Å². The average Bonchev–Trinajstić information content (AvgIpc) is 2.71. The zero-order valence-electron chi connectivity index (χ0n) is 21.1. The Morgan fingerprint density at radius 2 is 2.00 bits per heavy atom. The Morgan fingerprint density at radius 1 is 1.23 bits per heavy atom. The third kappa shape index (κ3) is 7.92. The molecule has 1 saturated carbocycles. The van der Waals surface area contributed by atoms with Crippen LogP contribution in [0.5, 0.6) is 0 Å². The molecule has 2 rings (SSSR count). The van der Waals surface area contributed by atoms with E-state index in [1.54, 1.807) is 0 Å². The first-order chi connectivity index (χ1) is 14.8. The fraction of sp³-hybridized carbons (Fsp3) is 0.700. The Balaban J connectivity index is 2.00. The first-order valence-corrected chi connectivity index (χ1v) is 13.0. The molecule has 1 aliphatic carbocycles. The van der Waals surface area contributed by atoms with Gasteiger partial charge in [0.1, 0.15) is 5.78 Å². The lowest BCUT2D eigenvalue weighted by Crippen LogP contribution is -2.38. The Bertz CT molecular complexity index is 683. The topological polar surface area (TPSA) is 17.1 Å². The van der Waals surface area contributed by atoms with E-state index in [1.807, 2.05) is 6.08 Å². The van der Waals surface area contributed by atoms with Crippen LogP contribution in [0.1, 0.15) is 116 Å². The average molecular weight is 425 g/mol. The van der Waals surface area contributed by atoms with Gasteiger partial charge in [0.2, 0.25) is 0 Å². The zero-order valence-corrected chi connectivity index (χ0v) is 21.1. The number of Topliss-reactive ketones (excluding diaryl/α,β-unsaturated/α-hetero) is 1. The van der Waals surface area contributed by atoms with Gasteiger partial charge in [0.15, 0.2) is 0 Å². The van der Waals surface area contributed by atoms with E-state index in [4.69, 9.17) is 0 Å². The molecule has 1 aromatic carbocycles. The van der Waals surface area contributed by atoms with Gasteiger partial charge in [0.25, 0.3) is 0 Å². The molecule has 4 unspecified atom stereocenters. The third-order valence-corrected chi connectivity index (χ3v) is 7.46. The number of benzene rings is 1. The summed E-state index contributed by atoms with van der Waals surface area (Å²) in [7, 11) is 0. The summed E-state index contributed by atoms with van der Waals surface area (Å²) < 4.78 is 0. The maximum atomic E-state index is 13.6. The van der Waals surface area contributed by atoms with Crippen molar-refractivity contribution >= 4 is 5.78 Å². The van der Waals surface area contributed by atoms with Crippen molar-refractivity contribution < 1.29 is 4.79 Å². The van der Waals surface area contributed by atoms with E-state index in [9.17, 15) is 4.79 Å². The standard InChI is InChI=1S/C30H48O/c1-7-11-26-14-9-15-28(20-26)27(12-8-2)17-16-24(5)19-29(31)30(21-23(3)4)18-10-13-25(6)22-30/h7,9,14-15,20,23-25,27H,1,8,10-13,16-19,21-22H2,2-6H3. The number of allylic oxidation sites excluding steroid dienone is 1. The predicted octanol–water partition coefficient (Wildman–Crippen LogP) is 8.92. The maximum absolute atomic E-state index is 13.6. The second-order valence-electron chi connectivity index (χ2n) is 11.1. The van der Waals surface area contributed by atoms with E-state index < -0.39 is 0 Å². The Morgan fingerprint density at radius 3 is 2.65 bits per heavy atom. The summed E-state index contributed by atoms with van der Waals surface area (Å²) in [5.74, 6) is 2.95. The largest absolute Gasteiger partial charge is 0.299 e. The summed E-state index contributed by atoms with van der Waals surface area (Å²) in [6, 6.07) is 9.07. The van der Waals surface area contributed by atoms with E-state index in [-0.39, 0.29) is 5.41 Å². The van der Waals surface area contributed by atoms with E-state index in [0.717, 1.165) is 38.5 Å². The highest BCUT2D eigenvalue weighted by atomic mass is 16.1. The molecule has 0 aliphatic heterocycles. The molecular formula is C30H48O. The summed E-state index contributed by atoms with van der Waals surface area (Å²) in [4.78, 5) is 13.6. The highest BCUT2D eigenvalue weighted by Gasteiger charge is 2.41. The lowest BCUT2D eigenvalue weighted by Gasteiger charge is -2.40. The Hall–Kier alpha value is -1.37. The minimum Gasteiger partial charge on any atom is -0.299 e. The van der Waals surface area contributed by atoms with Crippen molar-refractivity contribution in [1.82, 2.24) is 0 Å². The van der Waals surface area contributed by atoms with Crippen molar-refractivity contribution in [2.75, 3.05) is 0 Å². The smallest absolute Gasteiger partial charge is 0.139 e. The van der Waals surface area contributed by atoms with Crippen molar-refractivity contribution in [3.8, 4) is 0 Å². The summed E-state index contributed by atoms with van der Waals surface area (Å²) >= 11 is 0. The van der Waals surface area contributed by atoms with Gasteiger partial charge in [-0.25, -0.2) is 0 Å². The molecule has 0 heterocycles. The number of carbonyl (C=O) groups is 1. The molecule has 31 heavy (non-hydrogen) atoms. The van der Waals surface area contributed by atoms with Crippen LogP contribution in [-0.2, 0) is 11.2 Å². The Kier molecular flexibility index (Phi) is 10.5. The second-order valence-corrected chi connectivity index (χ2v) is 11.1. The van der Waals surface area contributed by atoms with Crippen molar-refractivity contribution in [3.05, 3.63) is 48.0 Å². The number of carbonyl (C=O) groups excluding carboxylic acids is 1. The highest BCUT2D eigenvalue weighted by molar-refractivity contribution is 5.85. The first kappa shape index (κ1) is 25.9. The molecule has 1 fully saturated rings. The van der Waals surface area contributed by atoms with Crippen LogP contribution in [-0.4, -0.2) is 5.78 Å². The summed E-state index contributed by atoms with van der Waals surface area (Å²) in [6.07, 6.45) is 14.3. The van der Waals surface area contributed by atoms with Crippen LogP contribution in [0.2, 0.25) is 0 Å². The summed E-state index contributed by atoms with van der Waals surface area (Å²) in [5, 5.41) is 0. The van der Waals surface area contributed by atoms with Gasteiger partial charge in [-0.05, 0) is 79.7 Å². The van der Waals surface area contributed by atoms with E-state index >= 15 is 0 Å². The van der Waals surface area contributed by atoms with Crippen molar-refractivity contribution in [3.63, 3.8) is 0 Å². The van der Waals surface area contributed by atoms with Crippen LogP contribution < -0.4 is 0 Å². The lowest BCUT2D eigenvalue weighted by atomic mass is 9.63. The Labute approximate surface area is 193 Å². The lowest BCUT2D eigenvalue weighted by molar-refractivity contribution is -0.133. The van der Waals surface area contributed by atoms with Crippen LogP contribution in [0.4, 0.5) is 0 Å². The molecule has 1 aromatic rings. The molecule has 0 amide bonds. The van der Waals surface area contributed by atoms with Crippen molar-refractivity contribution in [2.45, 2.75) is 111 Å². The molecule has 0 aromatic heterocycles. The number of ketones is 1. The SMILES string of the molecule is C=CCc1cccc(C(CCC)CCC(C)CC(=O)C2(CC(C)C)CCCC(C)C2)c1. The highest BCUT2D eigenvalue weighted by Crippen LogP contribution is 2.46. The van der Waals surface area contributed by atoms with Gasteiger partial charge >= 0.3 is 0 Å². The number of hydrogen-bond acceptors (Lipinski definition) is 1. The second kappa shape index (κ2) is 12.6. The molecule has 1 heteroatoms. The van der Waals surface area contributed by atoms with Gasteiger partial charge in [0.05, 0.1) is 0 Å². The molecule has 0 radical (unpaired) electrons. The van der Waals surface area contributed by atoms with Crippen LogP contribution in [0.3, 0.4) is 0 Å². The fourth-order valence-electron chi connectivity index (χ4n) is 6.08. The molecule has 1 nitrogen and oxygen atoms in total. The summed E-state index contributed by atoms with van der Waals surface area (Å²) in [5.41, 5.74) is 2.79. The normalized spacial score (nSPS) is 23.5. The van der Waals surface area contributed by atoms with Gasteiger partial charge in [-0.2, -0.15) is 0 Å². The van der Waals surface area contributed by atoms with Crippen molar-refractivity contribution in [1.29, 1.82) is 0 Å². The van der Waals surface area contributed by atoms with Crippen LogP contribution in [0.15, 0.2) is 36.9 Å². The van der Waals surface area contributed by atoms with E-state index in [2.05, 4.69) is 65.5 Å². The van der Waals surface area contributed by atoms with Gasteiger partial charge in [-0.3, -0.25) is 4.79 Å². The maximum Gasteiger partial charge on any atom is 0.139 e. The molecule has 0 N–H and O–H groups in total. The molecule has 1 aliphatic rings. The minimum absolute atomic E-state index is 0.0397. The molecule has 4 atom stereocenters. The van der Waals surface area contributed by atoms with Crippen molar-refractivity contribution in [2.24, 2.45) is 23.2 Å². The van der Waals surface area contributed by atoms with E-state index in [1.165, 1.54) is 43.2 Å². The van der Waals surface area contributed by atoms with Gasteiger partial charge in [-0.1, -0.05) is 84.2 Å². The monoisotopic (exact) mass is 424 g/mol. The quantitative estimate of drug-likeness (QED) is 0.289. The summed E-state index contributed by atoms with van der Waals surface area (Å²) in [6.45, 7) is 15.4. The minimum atomic E-state index is -0.0397. The molecule has 0 saturated heterocycles. The molecule has 0 spiro atoms. The molecule has 0 bridgehead atoms. The zero-order chi connectivity index (χ0) is 22.9. The number of hydrogen-bond donors (Lipinski definition) is 0. The third-order valence-electron chi connectivity index (χ3n) is 7.46. The number of rotatable bonds is 13. The van der Waals surface area contributed by atoms with Gasteiger partial charge in [-0.15, -0.1) is 6.58 Å². The van der Waals surface area contributed by atoms with Crippen LogP contribution in [0.25, 0.3) is 0 Å². The van der Waals surface area contributed by atoms with Gasteiger partial charge < -0.3 is 0 Å². The van der Waals surface area contributed by atoms with E-state index in [0.29, 0.717) is 29.5 Å². The molecular weight excluding hydrogens is 376 g/mol. The molecule has 174 valence electrons. The predicted molar refractivity (Wildman–Crippen MR) is 136 cm³/mol.